The molecule has 0 amide bonds. The van der Waals surface area contributed by atoms with E-state index in [1.165, 1.54) is 12.5 Å². The number of nitrogens with zero attached hydrogens (tertiary/aromatic N) is 4. The molecule has 0 bridgehead atoms. The van der Waals surface area contributed by atoms with E-state index in [2.05, 4.69) is 24.7 Å². The first-order valence-electron chi connectivity index (χ1n) is 9.89. The first-order valence-corrected chi connectivity index (χ1v) is 13.7. The van der Waals surface area contributed by atoms with Crippen LogP contribution in [0.4, 0.5) is 5.82 Å². The Labute approximate surface area is 186 Å². The van der Waals surface area contributed by atoms with Gasteiger partial charge in [-0.15, -0.1) is 0 Å². The SMILES string of the molecule is CS(=O)(=O)Nc1cc(-c2noc(C3CCCN3Cc3ccc(S(C)(=O)=O)cc3)n2)ccn1. The van der Waals surface area contributed by atoms with Crippen molar-refractivity contribution in [1.29, 1.82) is 0 Å². The van der Waals surface area contributed by atoms with Gasteiger partial charge in [-0.05, 0) is 49.2 Å². The average Bonchev–Trinajstić information content (AvgIpc) is 3.36. The van der Waals surface area contributed by atoms with Crippen LogP contribution in [0.5, 0.6) is 0 Å². The van der Waals surface area contributed by atoms with Gasteiger partial charge in [-0.1, -0.05) is 17.3 Å². The van der Waals surface area contributed by atoms with E-state index in [9.17, 15) is 16.8 Å². The molecule has 0 saturated carbocycles. The van der Waals surface area contributed by atoms with Gasteiger partial charge in [0.1, 0.15) is 5.82 Å². The molecular weight excluding hydrogens is 454 g/mol. The maximum Gasteiger partial charge on any atom is 0.244 e. The zero-order valence-corrected chi connectivity index (χ0v) is 19.2. The minimum atomic E-state index is -3.45. The van der Waals surface area contributed by atoms with E-state index in [4.69, 9.17) is 4.52 Å². The minimum absolute atomic E-state index is 0.0544. The Kier molecular flexibility index (Phi) is 6.01. The molecule has 170 valence electrons. The largest absolute Gasteiger partial charge is 0.337 e. The first-order chi connectivity index (χ1) is 15.1. The van der Waals surface area contributed by atoms with Crippen molar-refractivity contribution in [3.05, 3.63) is 54.0 Å². The molecule has 3 aromatic rings. The van der Waals surface area contributed by atoms with Crippen LogP contribution in [-0.2, 0) is 26.4 Å². The number of aromatic nitrogens is 3. The highest BCUT2D eigenvalue weighted by molar-refractivity contribution is 7.92. The summed E-state index contributed by atoms with van der Waals surface area (Å²) in [6.45, 7) is 1.48. The Morgan fingerprint density at radius 1 is 1.12 bits per heavy atom. The average molecular weight is 478 g/mol. The lowest BCUT2D eigenvalue weighted by Gasteiger charge is -2.21. The Hall–Kier alpha value is -2.83. The van der Waals surface area contributed by atoms with Crippen molar-refractivity contribution in [1.82, 2.24) is 20.0 Å². The molecule has 1 fully saturated rings. The van der Waals surface area contributed by atoms with E-state index >= 15 is 0 Å². The van der Waals surface area contributed by atoms with Crippen LogP contribution in [0.1, 0.15) is 30.3 Å². The summed E-state index contributed by atoms with van der Waals surface area (Å²) >= 11 is 0. The molecule has 12 heteroatoms. The summed E-state index contributed by atoms with van der Waals surface area (Å²) < 4.78 is 54.1. The van der Waals surface area contributed by atoms with Gasteiger partial charge in [-0.2, -0.15) is 4.98 Å². The molecule has 3 heterocycles. The van der Waals surface area contributed by atoms with Gasteiger partial charge < -0.3 is 4.52 Å². The fourth-order valence-electron chi connectivity index (χ4n) is 3.67. The lowest BCUT2D eigenvalue weighted by atomic mass is 10.2. The number of nitrogens with one attached hydrogen (secondary N) is 1. The molecule has 32 heavy (non-hydrogen) atoms. The summed E-state index contributed by atoms with van der Waals surface area (Å²) in [5.74, 6) is 1.01. The molecule has 0 spiro atoms. The lowest BCUT2D eigenvalue weighted by molar-refractivity contribution is 0.201. The van der Waals surface area contributed by atoms with Crippen molar-refractivity contribution in [3.8, 4) is 11.4 Å². The molecule has 4 rings (SSSR count). The zero-order chi connectivity index (χ0) is 22.9. The molecule has 1 N–H and O–H groups in total. The fourth-order valence-corrected chi connectivity index (χ4v) is 4.80. The highest BCUT2D eigenvalue weighted by atomic mass is 32.2. The predicted octanol–water partition coefficient (Wildman–Crippen LogP) is 2.24. The van der Waals surface area contributed by atoms with Crippen LogP contribution in [0.3, 0.4) is 0 Å². The molecule has 1 saturated heterocycles. The van der Waals surface area contributed by atoms with Crippen molar-refractivity contribution in [2.24, 2.45) is 0 Å². The van der Waals surface area contributed by atoms with Crippen molar-refractivity contribution in [2.45, 2.75) is 30.3 Å². The second-order valence-electron chi connectivity index (χ2n) is 7.80. The van der Waals surface area contributed by atoms with Crippen LogP contribution in [0.25, 0.3) is 11.4 Å². The topological polar surface area (TPSA) is 135 Å². The van der Waals surface area contributed by atoms with Crippen LogP contribution in [-0.4, -0.2) is 55.9 Å². The van der Waals surface area contributed by atoms with E-state index < -0.39 is 19.9 Å². The summed E-state index contributed by atoms with van der Waals surface area (Å²) in [6, 6.07) is 10.0. The predicted molar refractivity (Wildman–Crippen MR) is 118 cm³/mol. The maximum absolute atomic E-state index is 11.7. The van der Waals surface area contributed by atoms with E-state index in [0.717, 1.165) is 31.2 Å². The van der Waals surface area contributed by atoms with Crippen LogP contribution >= 0.6 is 0 Å². The molecule has 1 aliphatic rings. The molecular formula is C20H23N5O5S2. The van der Waals surface area contributed by atoms with Gasteiger partial charge in [0.15, 0.2) is 9.84 Å². The van der Waals surface area contributed by atoms with Crippen LogP contribution in [0.15, 0.2) is 52.0 Å². The van der Waals surface area contributed by atoms with Gasteiger partial charge in [-0.25, -0.2) is 21.8 Å². The van der Waals surface area contributed by atoms with Gasteiger partial charge >= 0.3 is 0 Å². The number of pyridine rings is 1. The normalized spacial score (nSPS) is 17.5. The highest BCUT2D eigenvalue weighted by Gasteiger charge is 2.31. The van der Waals surface area contributed by atoms with E-state index in [1.54, 1.807) is 24.3 Å². The third kappa shape index (κ3) is 5.31. The quantitative estimate of drug-likeness (QED) is 0.543. The molecule has 1 aliphatic heterocycles. The minimum Gasteiger partial charge on any atom is -0.337 e. The third-order valence-electron chi connectivity index (χ3n) is 5.14. The van der Waals surface area contributed by atoms with Crippen molar-refractivity contribution >= 4 is 25.7 Å². The number of hydrogen-bond donors (Lipinski definition) is 1. The lowest BCUT2D eigenvalue weighted by Crippen LogP contribution is -2.23. The Bertz CT molecular complexity index is 1320. The summed E-state index contributed by atoms with van der Waals surface area (Å²) in [5.41, 5.74) is 1.58. The molecule has 1 aromatic carbocycles. The monoisotopic (exact) mass is 477 g/mol. The van der Waals surface area contributed by atoms with Gasteiger partial charge in [-0.3, -0.25) is 9.62 Å². The molecule has 10 nitrogen and oxygen atoms in total. The summed E-state index contributed by atoms with van der Waals surface area (Å²) in [6.07, 6.45) is 5.55. The Morgan fingerprint density at radius 3 is 2.56 bits per heavy atom. The van der Waals surface area contributed by atoms with Gasteiger partial charge in [0, 0.05) is 24.6 Å². The van der Waals surface area contributed by atoms with Crippen molar-refractivity contribution in [2.75, 3.05) is 23.8 Å². The first kappa shape index (κ1) is 22.4. The third-order valence-corrected chi connectivity index (χ3v) is 6.84. The van der Waals surface area contributed by atoms with Gasteiger partial charge in [0.05, 0.1) is 17.2 Å². The molecule has 1 atom stereocenters. The number of benzene rings is 1. The standard InChI is InChI=1S/C20H23N5O5S2/c1-31(26,27)16-7-5-14(6-8-16)13-25-11-3-4-17(25)20-22-19(23-30-20)15-9-10-21-18(12-15)24-32(2,28)29/h5-10,12,17H,3-4,11,13H2,1-2H3,(H,21,24). The zero-order valence-electron chi connectivity index (χ0n) is 17.6. The summed E-state index contributed by atoms with van der Waals surface area (Å²) in [4.78, 5) is 11.0. The Balaban J connectivity index is 1.50. The van der Waals surface area contributed by atoms with E-state index in [-0.39, 0.29) is 11.9 Å². The summed E-state index contributed by atoms with van der Waals surface area (Å²) in [5, 5.41) is 4.06. The number of sulfone groups is 1. The second-order valence-corrected chi connectivity index (χ2v) is 11.6. The maximum atomic E-state index is 11.7. The number of rotatable bonds is 7. The molecule has 1 unspecified atom stereocenters. The number of anilines is 1. The second kappa shape index (κ2) is 8.60. The Morgan fingerprint density at radius 2 is 1.88 bits per heavy atom. The van der Waals surface area contributed by atoms with Gasteiger partial charge in [0.25, 0.3) is 0 Å². The number of hydrogen-bond acceptors (Lipinski definition) is 9. The van der Waals surface area contributed by atoms with E-state index in [0.29, 0.717) is 28.7 Å². The van der Waals surface area contributed by atoms with Crippen molar-refractivity contribution < 1.29 is 21.4 Å². The molecule has 0 radical (unpaired) electrons. The van der Waals surface area contributed by atoms with Crippen molar-refractivity contribution in [3.63, 3.8) is 0 Å². The smallest absolute Gasteiger partial charge is 0.244 e. The highest BCUT2D eigenvalue weighted by Crippen LogP contribution is 2.33. The van der Waals surface area contributed by atoms with Crippen LogP contribution < -0.4 is 4.72 Å². The van der Waals surface area contributed by atoms with Crippen LogP contribution in [0.2, 0.25) is 0 Å². The summed E-state index contributed by atoms with van der Waals surface area (Å²) in [7, 11) is -6.68. The fraction of sp³-hybridized carbons (Fsp3) is 0.350. The van der Waals surface area contributed by atoms with Gasteiger partial charge in [0.2, 0.25) is 21.7 Å². The van der Waals surface area contributed by atoms with Crippen LogP contribution in [0, 0.1) is 0 Å². The molecule has 2 aromatic heterocycles. The number of likely N-dealkylation sites (tertiary alicyclic amines) is 1. The number of sulfonamides is 1. The molecule has 0 aliphatic carbocycles. The van der Waals surface area contributed by atoms with E-state index in [1.807, 2.05) is 12.1 Å².